The minimum atomic E-state index is -0.389. The first-order valence-electron chi connectivity index (χ1n) is 6.50. The maximum atomic E-state index is 12.1. The lowest BCUT2D eigenvalue weighted by Crippen LogP contribution is -2.33. The van der Waals surface area contributed by atoms with Gasteiger partial charge in [-0.25, -0.2) is 4.79 Å². The third-order valence-corrected chi connectivity index (χ3v) is 3.48. The fraction of sp³-hybridized carbons (Fsp3) is 0.500. The fourth-order valence-corrected chi connectivity index (χ4v) is 2.36. The van der Waals surface area contributed by atoms with Gasteiger partial charge in [-0.1, -0.05) is 6.07 Å². The molecule has 2 amide bonds. The minimum Gasteiger partial charge on any atom is -0.391 e. The molecule has 1 aromatic carbocycles. The molecule has 0 bridgehead atoms. The zero-order valence-electron chi connectivity index (χ0n) is 11.7. The summed E-state index contributed by atoms with van der Waals surface area (Å²) in [6.07, 6.45) is 0.268. The Labute approximate surface area is 113 Å². The lowest BCUT2D eigenvalue weighted by Gasteiger charge is -2.21. The van der Waals surface area contributed by atoms with Gasteiger partial charge in [-0.2, -0.15) is 0 Å². The number of benzene rings is 1. The van der Waals surface area contributed by atoms with Crippen molar-refractivity contribution < 1.29 is 9.90 Å². The molecule has 0 saturated carbocycles. The average Bonchev–Trinajstić information content (AvgIpc) is 2.78. The van der Waals surface area contributed by atoms with Crippen LogP contribution < -0.4 is 10.2 Å². The number of nitrogens with one attached hydrogen (secondary N) is 1. The Kier molecular flexibility index (Phi) is 3.95. The highest BCUT2D eigenvalue weighted by Crippen LogP contribution is 2.25. The number of aliphatic hydroxyl groups is 1. The third-order valence-electron chi connectivity index (χ3n) is 3.48. The minimum absolute atomic E-state index is 0.143. The Morgan fingerprint density at radius 1 is 1.47 bits per heavy atom. The van der Waals surface area contributed by atoms with Gasteiger partial charge in [0.1, 0.15) is 0 Å². The van der Waals surface area contributed by atoms with E-state index >= 15 is 0 Å². The number of carbonyl (C=O) groups is 1. The number of urea groups is 1. The number of hydrogen-bond acceptors (Lipinski definition) is 3. The molecule has 0 aromatic heterocycles. The van der Waals surface area contributed by atoms with Gasteiger partial charge in [0.15, 0.2) is 0 Å². The number of amides is 2. The van der Waals surface area contributed by atoms with Gasteiger partial charge in [0.25, 0.3) is 0 Å². The highest BCUT2D eigenvalue weighted by molar-refractivity contribution is 5.91. The summed E-state index contributed by atoms with van der Waals surface area (Å²) in [5, 5.41) is 12.4. The lowest BCUT2D eigenvalue weighted by atomic mass is 10.1. The van der Waals surface area contributed by atoms with Gasteiger partial charge in [0.2, 0.25) is 0 Å². The second kappa shape index (κ2) is 5.48. The highest BCUT2D eigenvalue weighted by atomic mass is 16.3. The molecule has 104 valence electrons. The Morgan fingerprint density at radius 3 is 2.79 bits per heavy atom. The smallest absolute Gasteiger partial charge is 0.321 e. The SMILES string of the molecule is Cc1c(NC(=O)N2CCC(O)C2)cccc1N(C)C. The summed E-state index contributed by atoms with van der Waals surface area (Å²) in [6.45, 7) is 3.02. The van der Waals surface area contributed by atoms with E-state index in [1.54, 1.807) is 4.90 Å². The lowest BCUT2D eigenvalue weighted by molar-refractivity contribution is 0.176. The normalized spacial score (nSPS) is 18.5. The van der Waals surface area contributed by atoms with Crippen LogP contribution in [0.5, 0.6) is 0 Å². The van der Waals surface area contributed by atoms with Gasteiger partial charge in [0, 0.05) is 38.6 Å². The molecule has 1 fully saturated rings. The first-order valence-corrected chi connectivity index (χ1v) is 6.50. The van der Waals surface area contributed by atoms with E-state index in [0.29, 0.717) is 19.5 Å². The molecule has 0 radical (unpaired) electrons. The molecular weight excluding hydrogens is 242 g/mol. The molecule has 2 N–H and O–H groups in total. The van der Waals surface area contributed by atoms with E-state index in [1.807, 2.05) is 44.1 Å². The average molecular weight is 263 g/mol. The van der Waals surface area contributed by atoms with Crippen LogP contribution in [-0.2, 0) is 0 Å². The monoisotopic (exact) mass is 263 g/mol. The third kappa shape index (κ3) is 2.98. The van der Waals surface area contributed by atoms with Crippen molar-refractivity contribution in [2.45, 2.75) is 19.4 Å². The van der Waals surface area contributed by atoms with E-state index in [1.165, 1.54) is 0 Å². The number of nitrogens with zero attached hydrogens (tertiary/aromatic N) is 2. The van der Waals surface area contributed by atoms with Crippen LogP contribution in [0.3, 0.4) is 0 Å². The van der Waals surface area contributed by atoms with E-state index in [-0.39, 0.29) is 12.1 Å². The molecule has 1 aromatic rings. The van der Waals surface area contributed by atoms with Crippen molar-refractivity contribution in [3.63, 3.8) is 0 Å². The molecule has 1 aliphatic rings. The van der Waals surface area contributed by atoms with Gasteiger partial charge in [-0.3, -0.25) is 0 Å². The summed E-state index contributed by atoms with van der Waals surface area (Å²) in [5.41, 5.74) is 2.94. The maximum Gasteiger partial charge on any atom is 0.321 e. The number of likely N-dealkylation sites (tertiary alicyclic amines) is 1. The van der Waals surface area contributed by atoms with E-state index in [2.05, 4.69) is 5.32 Å². The van der Waals surface area contributed by atoms with Crippen molar-refractivity contribution in [3.8, 4) is 0 Å². The standard InChI is InChI=1S/C14H21N3O2/c1-10-12(5-4-6-13(10)16(2)3)15-14(19)17-8-7-11(18)9-17/h4-6,11,18H,7-9H2,1-3H3,(H,15,19). The molecule has 5 nitrogen and oxygen atoms in total. The Balaban J connectivity index is 2.11. The molecule has 2 rings (SSSR count). The maximum absolute atomic E-state index is 12.1. The first-order chi connectivity index (χ1) is 8.99. The van der Waals surface area contributed by atoms with Gasteiger partial charge < -0.3 is 20.2 Å². The van der Waals surface area contributed by atoms with Crippen LogP contribution in [0.15, 0.2) is 18.2 Å². The molecule has 0 aliphatic carbocycles. The van der Waals surface area contributed by atoms with Crippen molar-refractivity contribution in [3.05, 3.63) is 23.8 Å². The van der Waals surface area contributed by atoms with Crippen LogP contribution in [0, 0.1) is 6.92 Å². The number of aliphatic hydroxyl groups excluding tert-OH is 1. The zero-order valence-corrected chi connectivity index (χ0v) is 11.7. The van der Waals surface area contributed by atoms with Crippen molar-refractivity contribution in [2.75, 3.05) is 37.4 Å². The van der Waals surface area contributed by atoms with E-state index in [4.69, 9.17) is 0 Å². The predicted molar refractivity (Wildman–Crippen MR) is 76.7 cm³/mol. The predicted octanol–water partition coefficient (Wildman–Crippen LogP) is 1.66. The van der Waals surface area contributed by atoms with Crippen LogP contribution in [0.4, 0.5) is 16.2 Å². The molecule has 1 unspecified atom stereocenters. The van der Waals surface area contributed by atoms with Gasteiger partial charge >= 0.3 is 6.03 Å². The van der Waals surface area contributed by atoms with Gasteiger partial charge in [0.05, 0.1) is 6.10 Å². The van der Waals surface area contributed by atoms with Crippen molar-refractivity contribution >= 4 is 17.4 Å². The van der Waals surface area contributed by atoms with Crippen molar-refractivity contribution in [1.29, 1.82) is 0 Å². The van der Waals surface area contributed by atoms with Crippen molar-refractivity contribution in [2.24, 2.45) is 0 Å². The molecule has 1 aliphatic heterocycles. The van der Waals surface area contributed by atoms with E-state index < -0.39 is 0 Å². The molecule has 1 saturated heterocycles. The summed E-state index contributed by atoms with van der Waals surface area (Å²) < 4.78 is 0. The molecule has 0 spiro atoms. The topological polar surface area (TPSA) is 55.8 Å². The summed E-state index contributed by atoms with van der Waals surface area (Å²) in [7, 11) is 3.95. The van der Waals surface area contributed by atoms with Gasteiger partial charge in [-0.15, -0.1) is 0 Å². The molecular formula is C14H21N3O2. The summed E-state index contributed by atoms with van der Waals surface area (Å²) in [6, 6.07) is 5.70. The summed E-state index contributed by atoms with van der Waals surface area (Å²) in [5.74, 6) is 0. The molecule has 5 heteroatoms. The number of β-amino-alcohol motifs (C(OH)–C–C–N with tert-alkyl or cyclic N) is 1. The largest absolute Gasteiger partial charge is 0.391 e. The number of hydrogen-bond donors (Lipinski definition) is 2. The second-order valence-electron chi connectivity index (χ2n) is 5.16. The first kappa shape index (κ1) is 13.7. The Bertz CT molecular complexity index is 474. The van der Waals surface area contributed by atoms with Crippen LogP contribution in [0.1, 0.15) is 12.0 Å². The van der Waals surface area contributed by atoms with Crippen molar-refractivity contribution in [1.82, 2.24) is 4.90 Å². The summed E-state index contributed by atoms with van der Waals surface area (Å²) in [4.78, 5) is 15.7. The van der Waals surface area contributed by atoms with Gasteiger partial charge in [-0.05, 0) is 31.0 Å². The van der Waals surface area contributed by atoms with E-state index in [9.17, 15) is 9.90 Å². The van der Waals surface area contributed by atoms with Crippen LogP contribution in [0.25, 0.3) is 0 Å². The van der Waals surface area contributed by atoms with Crippen LogP contribution >= 0.6 is 0 Å². The molecule has 1 heterocycles. The quantitative estimate of drug-likeness (QED) is 0.853. The number of carbonyl (C=O) groups excluding carboxylic acids is 1. The molecule has 19 heavy (non-hydrogen) atoms. The Morgan fingerprint density at radius 2 is 2.21 bits per heavy atom. The zero-order chi connectivity index (χ0) is 14.0. The highest BCUT2D eigenvalue weighted by Gasteiger charge is 2.24. The van der Waals surface area contributed by atoms with E-state index in [0.717, 1.165) is 16.9 Å². The summed E-state index contributed by atoms with van der Waals surface area (Å²) >= 11 is 0. The van der Waals surface area contributed by atoms with Crippen LogP contribution in [0.2, 0.25) is 0 Å². The Hall–Kier alpha value is -1.75. The molecule has 1 atom stereocenters. The fourth-order valence-electron chi connectivity index (χ4n) is 2.36. The number of anilines is 2. The number of rotatable bonds is 2. The van der Waals surface area contributed by atoms with Crippen LogP contribution in [-0.4, -0.2) is 49.3 Å². The second-order valence-corrected chi connectivity index (χ2v) is 5.16.